The molecule has 0 N–H and O–H groups in total. The molecule has 0 nitrogen and oxygen atoms in total. The maximum absolute atomic E-state index is 3.55. The van der Waals surface area contributed by atoms with Gasteiger partial charge in [-0.15, -0.1) is 6.58 Å². The molecule has 0 fully saturated rings. The van der Waals surface area contributed by atoms with Gasteiger partial charge >= 0.3 is 0 Å². The van der Waals surface area contributed by atoms with Gasteiger partial charge in [0, 0.05) is 0 Å². The zero-order valence-corrected chi connectivity index (χ0v) is 9.28. The van der Waals surface area contributed by atoms with Crippen LogP contribution in [0.15, 0.2) is 49.1 Å². The SMILES string of the molecule is C1=CCCCCC=C1.C=CC/C=C/C. The van der Waals surface area contributed by atoms with E-state index in [1.807, 2.05) is 19.1 Å². The van der Waals surface area contributed by atoms with Gasteiger partial charge in [0.25, 0.3) is 0 Å². The molecule has 0 saturated carbocycles. The van der Waals surface area contributed by atoms with Crippen molar-refractivity contribution in [2.75, 3.05) is 0 Å². The van der Waals surface area contributed by atoms with Crippen molar-refractivity contribution >= 4 is 0 Å². The van der Waals surface area contributed by atoms with Gasteiger partial charge in [0.05, 0.1) is 0 Å². The number of allylic oxidation sites excluding steroid dienone is 7. The third-order valence-electron chi connectivity index (χ3n) is 1.91. The monoisotopic (exact) mass is 190 g/mol. The average Bonchev–Trinajstić information content (AvgIpc) is 2.14. The molecule has 0 heterocycles. The Morgan fingerprint density at radius 2 is 1.71 bits per heavy atom. The van der Waals surface area contributed by atoms with E-state index in [1.165, 1.54) is 25.7 Å². The van der Waals surface area contributed by atoms with Crippen molar-refractivity contribution in [3.8, 4) is 0 Å². The van der Waals surface area contributed by atoms with Crippen LogP contribution in [0, 0.1) is 0 Å². The van der Waals surface area contributed by atoms with E-state index in [4.69, 9.17) is 0 Å². The van der Waals surface area contributed by atoms with Crippen LogP contribution in [0.25, 0.3) is 0 Å². The molecule has 0 heteroatoms. The molecule has 0 amide bonds. The molecule has 0 spiro atoms. The van der Waals surface area contributed by atoms with Crippen LogP contribution in [0.3, 0.4) is 0 Å². The fraction of sp³-hybridized carbons (Fsp3) is 0.429. The average molecular weight is 190 g/mol. The van der Waals surface area contributed by atoms with Crippen LogP contribution < -0.4 is 0 Å². The van der Waals surface area contributed by atoms with Crippen LogP contribution in [0.5, 0.6) is 0 Å². The Kier molecular flexibility index (Phi) is 11.1. The Balaban J connectivity index is 0.000000255. The molecule has 0 aromatic heterocycles. The lowest BCUT2D eigenvalue weighted by atomic mass is 10.1. The highest BCUT2D eigenvalue weighted by Gasteiger charge is 1.84. The second kappa shape index (κ2) is 12.0. The molecular weight excluding hydrogens is 168 g/mol. The zero-order chi connectivity index (χ0) is 10.5. The van der Waals surface area contributed by atoms with Crippen molar-refractivity contribution in [3.63, 3.8) is 0 Å². The van der Waals surface area contributed by atoms with Crippen LogP contribution in [-0.2, 0) is 0 Å². The fourth-order valence-corrected chi connectivity index (χ4v) is 1.11. The van der Waals surface area contributed by atoms with Gasteiger partial charge in [-0.25, -0.2) is 0 Å². The molecule has 0 bridgehead atoms. The first-order valence-corrected chi connectivity index (χ1v) is 5.45. The summed E-state index contributed by atoms with van der Waals surface area (Å²) in [6.07, 6.45) is 20.9. The van der Waals surface area contributed by atoms with E-state index in [-0.39, 0.29) is 0 Å². The maximum Gasteiger partial charge on any atom is -0.0172 e. The summed E-state index contributed by atoms with van der Waals surface area (Å²) in [7, 11) is 0. The minimum atomic E-state index is 0.997. The van der Waals surface area contributed by atoms with Crippen LogP contribution in [0.4, 0.5) is 0 Å². The second-order valence-corrected chi connectivity index (χ2v) is 3.23. The number of hydrogen-bond donors (Lipinski definition) is 0. The zero-order valence-electron chi connectivity index (χ0n) is 9.28. The predicted molar refractivity (Wildman–Crippen MR) is 66.4 cm³/mol. The van der Waals surface area contributed by atoms with Gasteiger partial charge in [-0.05, 0) is 39.0 Å². The Bertz CT molecular complexity index is 180. The lowest BCUT2D eigenvalue weighted by Gasteiger charge is -1.94. The Hall–Kier alpha value is -1.04. The highest BCUT2D eigenvalue weighted by Crippen LogP contribution is 2.04. The number of hydrogen-bond acceptors (Lipinski definition) is 0. The van der Waals surface area contributed by atoms with Crippen molar-refractivity contribution in [3.05, 3.63) is 49.1 Å². The van der Waals surface area contributed by atoms with Crippen molar-refractivity contribution in [2.24, 2.45) is 0 Å². The highest BCUT2D eigenvalue weighted by atomic mass is 13.9. The van der Waals surface area contributed by atoms with E-state index in [2.05, 4.69) is 37.0 Å². The molecule has 1 rings (SSSR count). The Labute approximate surface area is 88.7 Å². The molecule has 0 atom stereocenters. The normalized spacial score (nSPS) is 15.5. The first kappa shape index (κ1) is 13.0. The van der Waals surface area contributed by atoms with Gasteiger partial charge in [0.15, 0.2) is 0 Å². The molecule has 78 valence electrons. The standard InChI is InChI=1S/C8H12.C6H10/c1-2-4-6-8-7-5-3-1;1-3-5-6-4-2/h1-4H,5-8H2;3-4,6H,1,5H2,2H3/b;6-4+. The minimum Gasteiger partial charge on any atom is -0.103 e. The first-order valence-electron chi connectivity index (χ1n) is 5.45. The molecule has 14 heavy (non-hydrogen) atoms. The van der Waals surface area contributed by atoms with E-state index >= 15 is 0 Å². The van der Waals surface area contributed by atoms with E-state index in [9.17, 15) is 0 Å². The van der Waals surface area contributed by atoms with Crippen LogP contribution in [0.2, 0.25) is 0 Å². The van der Waals surface area contributed by atoms with Crippen molar-refractivity contribution in [1.29, 1.82) is 0 Å². The summed E-state index contributed by atoms with van der Waals surface area (Å²) in [4.78, 5) is 0. The summed E-state index contributed by atoms with van der Waals surface area (Å²) in [5.74, 6) is 0. The summed E-state index contributed by atoms with van der Waals surface area (Å²) in [6.45, 7) is 5.55. The summed E-state index contributed by atoms with van der Waals surface area (Å²) in [5, 5.41) is 0. The van der Waals surface area contributed by atoms with E-state index < -0.39 is 0 Å². The molecule has 1 aliphatic carbocycles. The number of rotatable bonds is 2. The summed E-state index contributed by atoms with van der Waals surface area (Å²) in [6, 6.07) is 0. The van der Waals surface area contributed by atoms with Gasteiger partial charge in [-0.1, -0.05) is 42.5 Å². The first-order chi connectivity index (χ1) is 6.91. The maximum atomic E-state index is 3.55. The molecular formula is C14H22. The third kappa shape index (κ3) is 11.0. The Morgan fingerprint density at radius 1 is 1.14 bits per heavy atom. The van der Waals surface area contributed by atoms with Gasteiger partial charge in [-0.2, -0.15) is 0 Å². The summed E-state index contributed by atoms with van der Waals surface area (Å²) >= 11 is 0. The fourth-order valence-electron chi connectivity index (χ4n) is 1.11. The molecule has 0 aromatic carbocycles. The largest absolute Gasteiger partial charge is 0.103 e. The molecule has 1 aliphatic rings. The predicted octanol–water partition coefficient (Wildman–Crippen LogP) is 4.81. The molecule has 0 unspecified atom stereocenters. The van der Waals surface area contributed by atoms with Gasteiger partial charge < -0.3 is 0 Å². The van der Waals surface area contributed by atoms with Gasteiger partial charge in [-0.3, -0.25) is 0 Å². The van der Waals surface area contributed by atoms with E-state index in [0.717, 1.165) is 6.42 Å². The third-order valence-corrected chi connectivity index (χ3v) is 1.91. The smallest absolute Gasteiger partial charge is 0.0172 e. The van der Waals surface area contributed by atoms with E-state index in [1.54, 1.807) is 0 Å². The van der Waals surface area contributed by atoms with Crippen molar-refractivity contribution < 1.29 is 0 Å². The van der Waals surface area contributed by atoms with Crippen LogP contribution >= 0.6 is 0 Å². The Morgan fingerprint density at radius 3 is 2.07 bits per heavy atom. The van der Waals surface area contributed by atoms with Crippen molar-refractivity contribution in [1.82, 2.24) is 0 Å². The lowest BCUT2D eigenvalue weighted by molar-refractivity contribution is 0.758. The molecule has 0 radical (unpaired) electrons. The minimum absolute atomic E-state index is 0.997. The second-order valence-electron chi connectivity index (χ2n) is 3.23. The lowest BCUT2D eigenvalue weighted by Crippen LogP contribution is -1.74. The summed E-state index contributed by atoms with van der Waals surface area (Å²) < 4.78 is 0. The highest BCUT2D eigenvalue weighted by molar-refractivity contribution is 5.03. The van der Waals surface area contributed by atoms with Gasteiger partial charge in [0.2, 0.25) is 0 Å². The van der Waals surface area contributed by atoms with Crippen LogP contribution in [0.1, 0.15) is 39.0 Å². The van der Waals surface area contributed by atoms with Gasteiger partial charge in [0.1, 0.15) is 0 Å². The quantitative estimate of drug-likeness (QED) is 0.548. The van der Waals surface area contributed by atoms with Crippen LogP contribution in [-0.4, -0.2) is 0 Å². The van der Waals surface area contributed by atoms with Crippen molar-refractivity contribution in [2.45, 2.75) is 39.0 Å². The molecule has 0 saturated heterocycles. The summed E-state index contributed by atoms with van der Waals surface area (Å²) in [5.41, 5.74) is 0. The molecule has 0 aliphatic heterocycles. The topological polar surface area (TPSA) is 0 Å². The van der Waals surface area contributed by atoms with E-state index in [0.29, 0.717) is 0 Å². The molecule has 0 aromatic rings.